The van der Waals surface area contributed by atoms with Gasteiger partial charge < -0.3 is 5.32 Å². The van der Waals surface area contributed by atoms with Crippen molar-refractivity contribution in [1.29, 1.82) is 5.26 Å². The Morgan fingerprint density at radius 3 is 2.76 bits per heavy atom. The Labute approximate surface area is 124 Å². The lowest BCUT2D eigenvalue weighted by atomic mass is 10.1. The normalized spacial score (nSPS) is 16.0. The first kappa shape index (κ1) is 15.5. The minimum Gasteiger partial charge on any atom is -0.340 e. The van der Waals surface area contributed by atoms with Crippen LogP contribution in [0.25, 0.3) is 0 Å². The number of benzene rings is 1. The van der Waals surface area contributed by atoms with Gasteiger partial charge in [-0.3, -0.25) is 4.79 Å². The summed E-state index contributed by atoms with van der Waals surface area (Å²) in [6, 6.07) is 8.07. The molecule has 2 rings (SSSR count). The molecule has 1 amide bonds. The summed E-state index contributed by atoms with van der Waals surface area (Å²) in [5.74, 6) is 0.0474. The molecule has 1 atom stereocenters. The average molecular weight is 306 g/mol. The van der Waals surface area contributed by atoms with E-state index in [-0.39, 0.29) is 28.9 Å². The van der Waals surface area contributed by atoms with Gasteiger partial charge >= 0.3 is 0 Å². The van der Waals surface area contributed by atoms with Crippen molar-refractivity contribution in [3.63, 3.8) is 0 Å². The van der Waals surface area contributed by atoms with Gasteiger partial charge in [0.05, 0.1) is 23.1 Å². The van der Waals surface area contributed by atoms with Gasteiger partial charge in [0.2, 0.25) is 5.91 Å². The van der Waals surface area contributed by atoms with Gasteiger partial charge in [0.25, 0.3) is 0 Å². The molecule has 0 aliphatic heterocycles. The molecule has 1 aliphatic carbocycles. The molecule has 6 heteroatoms. The summed E-state index contributed by atoms with van der Waals surface area (Å²) in [4.78, 5) is 12.2. The van der Waals surface area contributed by atoms with Crippen molar-refractivity contribution in [2.24, 2.45) is 5.92 Å². The highest BCUT2D eigenvalue weighted by Crippen LogP contribution is 2.32. The zero-order valence-corrected chi connectivity index (χ0v) is 12.7. The van der Waals surface area contributed by atoms with Crippen LogP contribution in [0.15, 0.2) is 29.2 Å². The van der Waals surface area contributed by atoms with E-state index in [4.69, 9.17) is 5.26 Å². The number of nitrogens with zero attached hydrogens (tertiary/aromatic N) is 1. The fourth-order valence-corrected chi connectivity index (χ4v) is 3.06. The van der Waals surface area contributed by atoms with Gasteiger partial charge in [-0.1, -0.05) is 19.1 Å². The zero-order valence-electron chi connectivity index (χ0n) is 11.9. The fourth-order valence-electron chi connectivity index (χ4n) is 2.11. The quantitative estimate of drug-likeness (QED) is 0.861. The van der Waals surface area contributed by atoms with E-state index in [0.717, 1.165) is 12.8 Å². The number of nitrogens with one attached hydrogen (secondary N) is 1. The summed E-state index contributed by atoms with van der Waals surface area (Å²) >= 11 is 0. The lowest BCUT2D eigenvalue weighted by Gasteiger charge is -2.11. The van der Waals surface area contributed by atoms with Crippen LogP contribution in [-0.2, 0) is 21.1 Å². The molecule has 0 aromatic heterocycles. The van der Waals surface area contributed by atoms with E-state index < -0.39 is 15.9 Å². The smallest absolute Gasteiger partial charge is 0.225 e. The largest absolute Gasteiger partial charge is 0.340 e. The van der Waals surface area contributed by atoms with Crippen molar-refractivity contribution in [2.75, 3.05) is 5.75 Å². The molecule has 0 heterocycles. The van der Waals surface area contributed by atoms with E-state index in [1.54, 1.807) is 19.1 Å². The van der Waals surface area contributed by atoms with Gasteiger partial charge in [0, 0.05) is 0 Å². The van der Waals surface area contributed by atoms with Crippen LogP contribution < -0.4 is 5.32 Å². The molecule has 1 saturated carbocycles. The summed E-state index contributed by atoms with van der Waals surface area (Å²) in [5.41, 5.74) is 0.634. The van der Waals surface area contributed by atoms with Crippen LogP contribution in [0.3, 0.4) is 0 Å². The van der Waals surface area contributed by atoms with E-state index in [0.29, 0.717) is 5.56 Å². The first-order valence-corrected chi connectivity index (χ1v) is 8.62. The third-order valence-electron chi connectivity index (χ3n) is 3.55. The first-order valence-electron chi connectivity index (χ1n) is 6.97. The maximum Gasteiger partial charge on any atom is 0.225 e. The van der Waals surface area contributed by atoms with Gasteiger partial charge in [0.15, 0.2) is 9.84 Å². The number of nitriles is 1. The molecule has 0 bridgehead atoms. The number of amides is 1. The highest BCUT2D eigenvalue weighted by atomic mass is 32.2. The average Bonchev–Trinajstić information content (AvgIpc) is 3.29. The second-order valence-corrected chi connectivity index (χ2v) is 7.52. The van der Waals surface area contributed by atoms with Crippen molar-refractivity contribution in [3.05, 3.63) is 29.8 Å². The second-order valence-electron chi connectivity index (χ2n) is 5.24. The maximum atomic E-state index is 11.9. The highest BCUT2D eigenvalue weighted by Gasteiger charge is 2.32. The number of carbonyl (C=O) groups is 1. The van der Waals surface area contributed by atoms with Crippen molar-refractivity contribution in [2.45, 2.75) is 37.1 Å². The van der Waals surface area contributed by atoms with E-state index in [1.807, 2.05) is 0 Å². The first-order chi connectivity index (χ1) is 9.96. The fraction of sp³-hybridized carbons (Fsp3) is 0.467. The van der Waals surface area contributed by atoms with Crippen LogP contribution in [0, 0.1) is 17.2 Å². The van der Waals surface area contributed by atoms with Gasteiger partial charge in [0.1, 0.15) is 6.04 Å². The molecule has 0 spiro atoms. The molecule has 1 N–H and O–H groups in total. The minimum absolute atomic E-state index is 0.0286. The van der Waals surface area contributed by atoms with E-state index >= 15 is 0 Å². The van der Waals surface area contributed by atoms with Crippen molar-refractivity contribution < 1.29 is 13.2 Å². The molecular formula is C15H18N2O3S. The molecule has 112 valence electrons. The van der Waals surface area contributed by atoms with Gasteiger partial charge in [-0.15, -0.1) is 0 Å². The second kappa shape index (κ2) is 6.27. The SMILES string of the molecule is CCS(=O)(=O)c1cccc(CC(=O)N[C@@H](C#N)C2CC2)c1. The molecule has 0 saturated heterocycles. The molecule has 0 radical (unpaired) electrons. The third kappa shape index (κ3) is 4.05. The number of hydrogen-bond donors (Lipinski definition) is 1. The number of sulfone groups is 1. The standard InChI is InChI=1S/C15H18N2O3S/c1-2-21(19,20)13-5-3-4-11(8-13)9-15(18)17-14(10-16)12-6-7-12/h3-5,8,12,14H,2,6-7,9H2,1H3,(H,17,18)/t14-/m0/s1. The van der Waals surface area contributed by atoms with Crippen LogP contribution in [0.4, 0.5) is 0 Å². The summed E-state index contributed by atoms with van der Waals surface area (Å²) in [5, 5.41) is 11.7. The molecule has 1 fully saturated rings. The van der Waals surface area contributed by atoms with Crippen molar-refractivity contribution >= 4 is 15.7 Å². The minimum atomic E-state index is -3.27. The summed E-state index contributed by atoms with van der Waals surface area (Å²) < 4.78 is 23.6. The predicted molar refractivity (Wildman–Crippen MR) is 78.1 cm³/mol. The topological polar surface area (TPSA) is 87.0 Å². The zero-order chi connectivity index (χ0) is 15.5. The number of hydrogen-bond acceptors (Lipinski definition) is 4. The van der Waals surface area contributed by atoms with Gasteiger partial charge in [-0.25, -0.2) is 8.42 Å². The monoisotopic (exact) mass is 306 g/mol. The van der Waals surface area contributed by atoms with Crippen molar-refractivity contribution in [1.82, 2.24) is 5.32 Å². The molecule has 5 nitrogen and oxygen atoms in total. The van der Waals surface area contributed by atoms with Gasteiger partial charge in [-0.2, -0.15) is 5.26 Å². The van der Waals surface area contributed by atoms with E-state index in [9.17, 15) is 13.2 Å². The highest BCUT2D eigenvalue weighted by molar-refractivity contribution is 7.91. The Morgan fingerprint density at radius 1 is 1.48 bits per heavy atom. The number of rotatable bonds is 6. The van der Waals surface area contributed by atoms with E-state index in [1.165, 1.54) is 12.1 Å². The van der Waals surface area contributed by atoms with Crippen LogP contribution >= 0.6 is 0 Å². The Hall–Kier alpha value is -1.87. The summed E-state index contributed by atoms with van der Waals surface area (Å²) in [6.07, 6.45) is 2.03. The summed E-state index contributed by atoms with van der Waals surface area (Å²) in [6.45, 7) is 1.59. The Kier molecular flexibility index (Phi) is 4.63. The lowest BCUT2D eigenvalue weighted by molar-refractivity contribution is -0.120. The molecule has 0 unspecified atom stereocenters. The molecule has 21 heavy (non-hydrogen) atoms. The predicted octanol–water partition coefficient (Wildman–Crippen LogP) is 1.44. The maximum absolute atomic E-state index is 11.9. The molecule has 1 aromatic rings. The Balaban J connectivity index is 2.04. The Morgan fingerprint density at radius 2 is 2.19 bits per heavy atom. The lowest BCUT2D eigenvalue weighted by Crippen LogP contribution is -2.36. The third-order valence-corrected chi connectivity index (χ3v) is 5.28. The number of carbonyl (C=O) groups excluding carboxylic acids is 1. The Bertz CT molecular complexity index is 672. The van der Waals surface area contributed by atoms with Gasteiger partial charge in [-0.05, 0) is 36.5 Å². The molecular weight excluding hydrogens is 288 g/mol. The van der Waals surface area contributed by atoms with Crippen molar-refractivity contribution in [3.8, 4) is 6.07 Å². The van der Waals surface area contributed by atoms with Crippen LogP contribution in [0.1, 0.15) is 25.3 Å². The molecule has 1 aromatic carbocycles. The molecule has 1 aliphatic rings. The van der Waals surface area contributed by atoms with E-state index in [2.05, 4.69) is 11.4 Å². The van der Waals surface area contributed by atoms with Crippen LogP contribution in [0.5, 0.6) is 0 Å². The van der Waals surface area contributed by atoms with Crippen LogP contribution in [0.2, 0.25) is 0 Å². The summed E-state index contributed by atoms with van der Waals surface area (Å²) in [7, 11) is -3.27. The van der Waals surface area contributed by atoms with Crippen LogP contribution in [-0.4, -0.2) is 26.1 Å².